The number of nitrogens with zero attached hydrogens (tertiary/aromatic N) is 1. The molecule has 2 aliphatic carbocycles. The molecule has 2 aliphatic rings. The SMILES string of the molecule is c1ccc(-c2ccc(N(c3ccc4c(c3)C3(c5ccccc5-4)c4ccccc4-c4c3ccc3c4sc4ccccc43)c3cccs3)cc2)cc1. The molecule has 0 N–H and O–H groups in total. The fourth-order valence-corrected chi connectivity index (χ4v) is 10.8. The molecule has 11 rings (SSSR count). The van der Waals surface area contributed by atoms with E-state index >= 15 is 0 Å². The van der Waals surface area contributed by atoms with Crippen LogP contribution in [-0.4, -0.2) is 0 Å². The molecule has 50 heavy (non-hydrogen) atoms. The molecule has 0 aliphatic heterocycles. The average molecular weight is 672 g/mol. The van der Waals surface area contributed by atoms with E-state index < -0.39 is 5.41 Å². The summed E-state index contributed by atoms with van der Waals surface area (Å²) < 4.78 is 2.72. The first-order valence-corrected chi connectivity index (χ1v) is 18.8. The Morgan fingerprint density at radius 3 is 1.94 bits per heavy atom. The van der Waals surface area contributed by atoms with Gasteiger partial charge in [-0.1, -0.05) is 127 Å². The molecule has 0 radical (unpaired) electrons. The summed E-state index contributed by atoms with van der Waals surface area (Å²) in [4.78, 5) is 2.42. The number of rotatable bonds is 4. The Morgan fingerprint density at radius 2 is 1.12 bits per heavy atom. The Morgan fingerprint density at radius 1 is 0.440 bits per heavy atom. The van der Waals surface area contributed by atoms with E-state index in [-0.39, 0.29) is 0 Å². The summed E-state index contributed by atoms with van der Waals surface area (Å²) >= 11 is 3.70. The van der Waals surface area contributed by atoms with E-state index in [0.29, 0.717) is 0 Å². The van der Waals surface area contributed by atoms with Crippen LogP contribution < -0.4 is 4.90 Å². The van der Waals surface area contributed by atoms with E-state index in [9.17, 15) is 0 Å². The molecule has 0 amide bonds. The number of fused-ring (bicyclic) bond motifs is 14. The zero-order chi connectivity index (χ0) is 32.8. The lowest BCUT2D eigenvalue weighted by molar-refractivity contribution is 0.794. The van der Waals surface area contributed by atoms with Gasteiger partial charge in [0.15, 0.2) is 0 Å². The lowest BCUT2D eigenvalue weighted by Crippen LogP contribution is -2.26. The fourth-order valence-electron chi connectivity index (χ4n) is 8.76. The summed E-state index contributed by atoms with van der Waals surface area (Å²) in [7, 11) is 0. The Balaban J connectivity index is 1.17. The second-order valence-electron chi connectivity index (χ2n) is 13.2. The minimum atomic E-state index is -0.420. The summed E-state index contributed by atoms with van der Waals surface area (Å²) in [5, 5.41) is 6.05. The number of hydrogen-bond donors (Lipinski definition) is 0. The standard InChI is InChI=1S/C47H29NS2/c1-2-11-30(12-3-1)31-20-22-32(23-21-31)48(44-19-10-28-49-44)33-24-25-35-34-13-4-7-16-39(34)47(42(35)29-33)40-17-8-5-15-38(40)45-41(47)27-26-37-36-14-6-9-18-43(36)50-46(37)45/h1-29H. The van der Waals surface area contributed by atoms with E-state index in [0.717, 1.165) is 5.69 Å². The molecule has 7 aromatic carbocycles. The largest absolute Gasteiger partial charge is 0.302 e. The molecule has 2 heterocycles. The van der Waals surface area contributed by atoms with E-state index in [2.05, 4.69) is 180 Å². The summed E-state index contributed by atoms with van der Waals surface area (Å²) in [6.07, 6.45) is 0. The van der Waals surface area contributed by atoms with Crippen LogP contribution in [0.15, 0.2) is 175 Å². The first kappa shape index (κ1) is 28.1. The molecule has 0 bridgehead atoms. The van der Waals surface area contributed by atoms with E-state index in [4.69, 9.17) is 0 Å². The number of anilines is 3. The predicted octanol–water partition coefficient (Wildman–Crippen LogP) is 13.6. The van der Waals surface area contributed by atoms with Crippen LogP contribution in [0.3, 0.4) is 0 Å². The van der Waals surface area contributed by atoms with Crippen molar-refractivity contribution in [3.05, 3.63) is 197 Å². The lowest BCUT2D eigenvalue weighted by Gasteiger charge is -2.32. The summed E-state index contributed by atoms with van der Waals surface area (Å²) in [6, 6.07) is 63.2. The normalized spacial score (nSPS) is 15.3. The van der Waals surface area contributed by atoms with Crippen LogP contribution in [0.2, 0.25) is 0 Å². The van der Waals surface area contributed by atoms with Crippen LogP contribution in [-0.2, 0) is 5.41 Å². The minimum absolute atomic E-state index is 0.420. The van der Waals surface area contributed by atoms with Gasteiger partial charge in [0.05, 0.1) is 10.4 Å². The quantitative estimate of drug-likeness (QED) is 0.180. The van der Waals surface area contributed by atoms with Gasteiger partial charge in [-0.25, -0.2) is 0 Å². The third kappa shape index (κ3) is 3.76. The van der Waals surface area contributed by atoms with Crippen molar-refractivity contribution in [3.8, 4) is 33.4 Å². The van der Waals surface area contributed by atoms with Crippen molar-refractivity contribution in [1.29, 1.82) is 0 Å². The fraction of sp³-hybridized carbons (Fsp3) is 0.0213. The highest BCUT2D eigenvalue weighted by atomic mass is 32.1. The van der Waals surface area contributed by atoms with E-state index in [1.165, 1.54) is 86.5 Å². The average Bonchev–Trinajstić information content (AvgIpc) is 3.96. The second-order valence-corrected chi connectivity index (χ2v) is 15.2. The molecule has 1 nitrogen and oxygen atoms in total. The van der Waals surface area contributed by atoms with Crippen molar-refractivity contribution in [1.82, 2.24) is 0 Å². The molecular weight excluding hydrogens is 643 g/mol. The highest BCUT2D eigenvalue weighted by molar-refractivity contribution is 7.26. The van der Waals surface area contributed by atoms with Gasteiger partial charge in [0.25, 0.3) is 0 Å². The maximum Gasteiger partial charge on any atom is 0.0999 e. The van der Waals surface area contributed by atoms with Gasteiger partial charge in [-0.15, -0.1) is 22.7 Å². The van der Waals surface area contributed by atoms with Crippen LogP contribution in [0.5, 0.6) is 0 Å². The van der Waals surface area contributed by atoms with Crippen molar-refractivity contribution in [2.75, 3.05) is 4.90 Å². The molecule has 1 unspecified atom stereocenters. The minimum Gasteiger partial charge on any atom is -0.302 e. The van der Waals surface area contributed by atoms with Gasteiger partial charge < -0.3 is 4.90 Å². The number of benzene rings is 7. The lowest BCUT2D eigenvalue weighted by atomic mass is 9.70. The van der Waals surface area contributed by atoms with E-state index in [1.807, 2.05) is 11.3 Å². The molecule has 3 heteroatoms. The van der Waals surface area contributed by atoms with Gasteiger partial charge in [-0.05, 0) is 97.9 Å². The number of hydrogen-bond acceptors (Lipinski definition) is 3. The third-order valence-corrected chi connectivity index (χ3v) is 12.9. The van der Waals surface area contributed by atoms with Gasteiger partial charge in [-0.3, -0.25) is 0 Å². The molecule has 234 valence electrons. The van der Waals surface area contributed by atoms with Crippen molar-refractivity contribution < 1.29 is 0 Å². The van der Waals surface area contributed by atoms with Gasteiger partial charge in [0.1, 0.15) is 0 Å². The first-order valence-electron chi connectivity index (χ1n) is 17.1. The third-order valence-electron chi connectivity index (χ3n) is 10.8. The molecular formula is C47H29NS2. The van der Waals surface area contributed by atoms with Gasteiger partial charge in [0, 0.05) is 37.1 Å². The highest BCUT2D eigenvalue weighted by Crippen LogP contribution is 2.65. The maximum absolute atomic E-state index is 2.49. The Kier molecular flexibility index (Phi) is 5.98. The summed E-state index contributed by atoms with van der Waals surface area (Å²) in [5.74, 6) is 0. The zero-order valence-electron chi connectivity index (χ0n) is 27.0. The van der Waals surface area contributed by atoms with Gasteiger partial charge in [-0.2, -0.15) is 0 Å². The predicted molar refractivity (Wildman–Crippen MR) is 214 cm³/mol. The maximum atomic E-state index is 2.49. The van der Waals surface area contributed by atoms with Crippen LogP contribution >= 0.6 is 22.7 Å². The topological polar surface area (TPSA) is 3.24 Å². The molecule has 1 atom stereocenters. The summed E-state index contributed by atoms with van der Waals surface area (Å²) in [5.41, 5.74) is 15.2. The van der Waals surface area contributed by atoms with Crippen molar-refractivity contribution in [2.45, 2.75) is 5.41 Å². The Hall–Kier alpha value is -5.74. The van der Waals surface area contributed by atoms with Crippen LogP contribution in [0.1, 0.15) is 22.3 Å². The first-order chi connectivity index (χ1) is 24.8. The molecule has 0 fully saturated rings. The van der Waals surface area contributed by atoms with Crippen molar-refractivity contribution in [2.24, 2.45) is 0 Å². The summed E-state index contributed by atoms with van der Waals surface area (Å²) in [6.45, 7) is 0. The van der Waals surface area contributed by atoms with Crippen molar-refractivity contribution in [3.63, 3.8) is 0 Å². The molecule has 0 saturated heterocycles. The smallest absolute Gasteiger partial charge is 0.0999 e. The highest BCUT2D eigenvalue weighted by Gasteiger charge is 2.52. The van der Waals surface area contributed by atoms with E-state index in [1.54, 1.807) is 11.3 Å². The van der Waals surface area contributed by atoms with Gasteiger partial charge in [0.2, 0.25) is 0 Å². The van der Waals surface area contributed by atoms with Crippen LogP contribution in [0, 0.1) is 0 Å². The molecule has 2 aromatic heterocycles. The second kappa shape index (κ2) is 10.6. The van der Waals surface area contributed by atoms with Gasteiger partial charge >= 0.3 is 0 Å². The Bertz CT molecular complexity index is 2760. The monoisotopic (exact) mass is 671 g/mol. The zero-order valence-corrected chi connectivity index (χ0v) is 28.6. The Labute approximate surface area is 299 Å². The number of thiophene rings is 2. The van der Waals surface area contributed by atoms with Crippen molar-refractivity contribution >= 4 is 59.2 Å². The molecule has 1 spiro atoms. The molecule has 9 aromatic rings. The van der Waals surface area contributed by atoms with Crippen LogP contribution in [0.4, 0.5) is 16.4 Å². The molecule has 0 saturated carbocycles. The van der Waals surface area contributed by atoms with Crippen LogP contribution in [0.25, 0.3) is 53.6 Å².